The quantitative estimate of drug-likeness (QED) is 0.220. The van der Waals surface area contributed by atoms with Gasteiger partial charge in [-0.1, -0.05) is 74.4 Å². The Morgan fingerprint density at radius 2 is 1.48 bits per heavy atom. The molecule has 0 aromatic heterocycles. The summed E-state index contributed by atoms with van der Waals surface area (Å²) < 4.78 is 49.9. The van der Waals surface area contributed by atoms with Crippen molar-refractivity contribution < 1.29 is 17.9 Å². The van der Waals surface area contributed by atoms with Crippen LogP contribution in [0.15, 0.2) is 72.8 Å². The molecule has 1 saturated carbocycles. The van der Waals surface area contributed by atoms with E-state index in [0.29, 0.717) is 29.7 Å². The van der Waals surface area contributed by atoms with Crippen molar-refractivity contribution in [3.8, 4) is 28.0 Å². The van der Waals surface area contributed by atoms with E-state index < -0.39 is 11.6 Å². The number of benzene rings is 3. The van der Waals surface area contributed by atoms with E-state index in [9.17, 15) is 8.78 Å². The molecule has 0 heterocycles. The molecule has 0 aliphatic heterocycles. The normalized spacial score (nSPS) is 21.0. The van der Waals surface area contributed by atoms with E-state index >= 15 is 4.39 Å². The topological polar surface area (TPSA) is 9.23 Å². The molecule has 2 aliphatic rings. The van der Waals surface area contributed by atoms with Gasteiger partial charge in [-0.2, -0.15) is 4.39 Å². The molecule has 3 aromatic carbocycles. The van der Waals surface area contributed by atoms with Crippen LogP contribution in [-0.2, 0) is 0 Å². The van der Waals surface area contributed by atoms with E-state index in [1.165, 1.54) is 62.7 Å². The number of ether oxygens (including phenoxy) is 1. The van der Waals surface area contributed by atoms with E-state index in [-0.39, 0.29) is 17.1 Å². The fraction of sp³-hybridized carbons (Fsp3) is 0.421. The fourth-order valence-corrected chi connectivity index (χ4v) is 6.85. The van der Waals surface area contributed by atoms with Gasteiger partial charge in [0.25, 0.3) is 0 Å². The Morgan fingerprint density at radius 1 is 0.786 bits per heavy atom. The maximum Gasteiger partial charge on any atom is 0.201 e. The molecule has 1 nitrogen and oxygen atoms in total. The monoisotopic (exact) mass is 572 g/mol. The first-order chi connectivity index (χ1) is 20.5. The van der Waals surface area contributed by atoms with Gasteiger partial charge in [-0.3, -0.25) is 0 Å². The van der Waals surface area contributed by atoms with Crippen LogP contribution in [0.4, 0.5) is 13.2 Å². The lowest BCUT2D eigenvalue weighted by molar-refractivity contribution is 0.190. The van der Waals surface area contributed by atoms with Crippen molar-refractivity contribution in [3.63, 3.8) is 0 Å². The van der Waals surface area contributed by atoms with Crippen LogP contribution < -0.4 is 4.74 Å². The third kappa shape index (κ3) is 7.02. The third-order valence-corrected chi connectivity index (χ3v) is 9.34. The molecule has 1 unspecified atom stereocenters. The molecule has 1 fully saturated rings. The number of rotatable bonds is 10. The summed E-state index contributed by atoms with van der Waals surface area (Å²) in [6.07, 6.45) is 18.8. The predicted octanol–water partition coefficient (Wildman–Crippen LogP) is 11.6. The van der Waals surface area contributed by atoms with Gasteiger partial charge >= 0.3 is 0 Å². The molecule has 0 spiro atoms. The van der Waals surface area contributed by atoms with E-state index in [4.69, 9.17) is 4.74 Å². The van der Waals surface area contributed by atoms with Gasteiger partial charge in [0.05, 0.1) is 6.61 Å². The van der Waals surface area contributed by atoms with Gasteiger partial charge in [-0.25, -0.2) is 8.78 Å². The van der Waals surface area contributed by atoms with Gasteiger partial charge in [0, 0.05) is 11.1 Å². The van der Waals surface area contributed by atoms with Crippen molar-refractivity contribution in [1.82, 2.24) is 0 Å². The van der Waals surface area contributed by atoms with Crippen molar-refractivity contribution in [2.75, 3.05) is 6.61 Å². The zero-order chi connectivity index (χ0) is 29.5. The summed E-state index contributed by atoms with van der Waals surface area (Å²) in [5.41, 5.74) is 4.08. The van der Waals surface area contributed by atoms with Crippen molar-refractivity contribution in [2.24, 2.45) is 17.8 Å². The molecule has 0 bridgehead atoms. The molecule has 4 heteroatoms. The third-order valence-electron chi connectivity index (χ3n) is 9.34. The summed E-state index contributed by atoms with van der Waals surface area (Å²) in [5, 5.41) is 0. The maximum atomic E-state index is 15.3. The first-order valence-electron chi connectivity index (χ1n) is 15.8. The van der Waals surface area contributed by atoms with Crippen LogP contribution in [0.3, 0.4) is 0 Å². The Balaban J connectivity index is 1.21. The molecule has 222 valence electrons. The molecule has 0 amide bonds. The van der Waals surface area contributed by atoms with E-state index in [1.54, 1.807) is 30.3 Å². The van der Waals surface area contributed by atoms with Crippen molar-refractivity contribution in [1.29, 1.82) is 0 Å². The second-order valence-electron chi connectivity index (χ2n) is 12.1. The molecule has 42 heavy (non-hydrogen) atoms. The number of halogens is 3. The Labute approximate surface area is 249 Å². The van der Waals surface area contributed by atoms with Crippen LogP contribution in [0.5, 0.6) is 5.75 Å². The summed E-state index contributed by atoms with van der Waals surface area (Å²) in [5.74, 6) is 0.200. The zero-order valence-corrected chi connectivity index (χ0v) is 25.0. The first-order valence-corrected chi connectivity index (χ1v) is 15.8. The summed E-state index contributed by atoms with van der Waals surface area (Å²) in [6, 6.07) is 15.4. The van der Waals surface area contributed by atoms with Gasteiger partial charge in [-0.15, -0.1) is 0 Å². The lowest BCUT2D eigenvalue weighted by atomic mass is 9.70. The summed E-state index contributed by atoms with van der Waals surface area (Å²) in [7, 11) is 0. The van der Waals surface area contributed by atoms with Crippen molar-refractivity contribution in [2.45, 2.75) is 78.1 Å². The highest BCUT2D eigenvalue weighted by Crippen LogP contribution is 2.42. The largest absolute Gasteiger partial charge is 0.490 e. The van der Waals surface area contributed by atoms with Gasteiger partial charge in [-0.05, 0) is 117 Å². The average Bonchev–Trinajstić information content (AvgIpc) is 3.02. The predicted molar refractivity (Wildman–Crippen MR) is 168 cm³/mol. The minimum atomic E-state index is -0.988. The van der Waals surface area contributed by atoms with Gasteiger partial charge in [0.15, 0.2) is 11.6 Å². The molecule has 3 aromatic rings. The second kappa shape index (κ2) is 14.3. The van der Waals surface area contributed by atoms with E-state index in [0.717, 1.165) is 36.2 Å². The van der Waals surface area contributed by atoms with Gasteiger partial charge in [0.1, 0.15) is 5.82 Å². The van der Waals surface area contributed by atoms with E-state index in [2.05, 4.69) is 25.2 Å². The smallest absolute Gasteiger partial charge is 0.201 e. The highest BCUT2D eigenvalue weighted by molar-refractivity contribution is 5.74. The van der Waals surface area contributed by atoms with Crippen LogP contribution in [-0.4, -0.2) is 6.61 Å². The molecule has 0 saturated heterocycles. The number of hydrogen-bond acceptors (Lipinski definition) is 1. The molecule has 5 rings (SSSR count). The van der Waals surface area contributed by atoms with Crippen LogP contribution >= 0.6 is 0 Å². The van der Waals surface area contributed by atoms with Crippen molar-refractivity contribution >= 4 is 5.57 Å². The SMILES string of the molecule is C/C=C/CCC1CCC(C2CC=C(c3ccc(-c4ccc(-c5ccc(OCCC)c(F)c5F)cc4)c(F)c3)CC2)CC1. The zero-order valence-electron chi connectivity index (χ0n) is 25.0. The molecule has 0 N–H and O–H groups in total. The highest BCUT2D eigenvalue weighted by Gasteiger charge is 2.28. The molecular formula is C38H43F3O. The fourth-order valence-electron chi connectivity index (χ4n) is 6.85. The number of allylic oxidation sites excluding steroid dienone is 4. The summed E-state index contributed by atoms with van der Waals surface area (Å²) >= 11 is 0. The van der Waals surface area contributed by atoms with Gasteiger partial charge in [0.2, 0.25) is 5.82 Å². The highest BCUT2D eigenvalue weighted by atomic mass is 19.2. The Morgan fingerprint density at radius 3 is 2.12 bits per heavy atom. The Hall–Kier alpha value is -3.27. The van der Waals surface area contributed by atoms with Crippen molar-refractivity contribution in [3.05, 3.63) is 95.8 Å². The van der Waals surface area contributed by atoms with Crippen LogP contribution in [0, 0.1) is 35.2 Å². The minimum absolute atomic E-state index is 0.0844. The summed E-state index contributed by atoms with van der Waals surface area (Å²) in [6.45, 7) is 4.33. The van der Waals surface area contributed by atoms with E-state index in [1.807, 2.05) is 19.1 Å². The Kier molecular flexibility index (Phi) is 10.3. The lowest BCUT2D eigenvalue weighted by Crippen LogP contribution is -2.23. The maximum absolute atomic E-state index is 15.3. The van der Waals surface area contributed by atoms with Crippen LogP contribution in [0.1, 0.15) is 83.6 Å². The van der Waals surface area contributed by atoms with Gasteiger partial charge < -0.3 is 4.74 Å². The minimum Gasteiger partial charge on any atom is -0.490 e. The standard InChI is InChI=1S/C38H43F3O/c1-3-5-6-7-26-8-10-27(11-9-26)28-12-14-29(15-13-28)32-20-21-33(35(39)25-32)30-16-18-31(19-17-30)34-22-23-36(42-24-4-2)38(41)37(34)40/h3,5,14,16-23,25-28H,4,6-13,15,24H2,1-2H3/b5-3+. The molecule has 2 aliphatic carbocycles. The number of hydrogen-bond donors (Lipinski definition) is 0. The molecule has 1 atom stereocenters. The van der Waals surface area contributed by atoms with Crippen LogP contribution in [0.25, 0.3) is 27.8 Å². The lowest BCUT2D eigenvalue weighted by Gasteiger charge is -2.35. The first kappa shape index (κ1) is 30.2. The van der Waals surface area contributed by atoms with Crippen LogP contribution in [0.2, 0.25) is 0 Å². The molecule has 0 radical (unpaired) electrons. The summed E-state index contributed by atoms with van der Waals surface area (Å²) in [4.78, 5) is 0. The molecular weight excluding hydrogens is 529 g/mol. The average molecular weight is 573 g/mol. The second-order valence-corrected chi connectivity index (χ2v) is 12.1. The Bertz CT molecular complexity index is 1400.